The van der Waals surface area contributed by atoms with Gasteiger partial charge in [0.25, 0.3) is 0 Å². The Kier molecular flexibility index (Phi) is 8.09. The summed E-state index contributed by atoms with van der Waals surface area (Å²) < 4.78 is 12.0. The highest BCUT2D eigenvalue weighted by Crippen LogP contribution is 2.28. The Labute approximate surface area is 133 Å². The van der Waals surface area contributed by atoms with Crippen molar-refractivity contribution in [1.82, 2.24) is 0 Å². The van der Waals surface area contributed by atoms with E-state index in [0.717, 1.165) is 28.9 Å². The summed E-state index contributed by atoms with van der Waals surface area (Å²) in [6, 6.07) is 6.02. The van der Waals surface area contributed by atoms with Crippen LogP contribution in [0.3, 0.4) is 0 Å². The predicted octanol–water partition coefficient (Wildman–Crippen LogP) is -0.487. The predicted molar refractivity (Wildman–Crippen MR) is 75.3 cm³/mol. The number of ether oxygens (including phenoxy) is 2. The molecule has 19 heavy (non-hydrogen) atoms. The number of hydrogen-bond acceptors (Lipinski definition) is 2. The zero-order valence-electron chi connectivity index (χ0n) is 12.3. The van der Waals surface area contributed by atoms with Crippen molar-refractivity contribution in [3.05, 3.63) is 36.4 Å². The first kappa shape index (κ1) is 18.2. The molecule has 0 radical (unpaired) electrons. The Hall–Kier alpha value is -0.750. The Morgan fingerprint density at radius 1 is 1.21 bits per heavy atom. The van der Waals surface area contributed by atoms with E-state index in [-0.39, 0.29) is 24.0 Å². The molecule has 0 aromatic heterocycles. The summed E-state index contributed by atoms with van der Waals surface area (Å²) in [6.45, 7) is 5.37. The van der Waals surface area contributed by atoms with Crippen molar-refractivity contribution < 1.29 is 37.9 Å². The van der Waals surface area contributed by atoms with Gasteiger partial charge in [0.15, 0.2) is 11.5 Å². The highest BCUT2D eigenvalue weighted by molar-refractivity contribution is 5.43. The zero-order valence-corrected chi connectivity index (χ0v) is 14.4. The van der Waals surface area contributed by atoms with E-state index in [2.05, 4.69) is 27.7 Å². The summed E-state index contributed by atoms with van der Waals surface area (Å²) in [5.74, 6) is 1.59. The van der Waals surface area contributed by atoms with Gasteiger partial charge in [-0.3, -0.25) is 0 Å². The third kappa shape index (κ3) is 6.82. The fraction of sp³-hybridized carbons (Fsp3) is 0.467. The van der Waals surface area contributed by atoms with Crippen LogP contribution >= 0.6 is 0 Å². The van der Waals surface area contributed by atoms with E-state index in [1.54, 1.807) is 7.11 Å². The molecule has 1 aromatic carbocycles. The molecule has 4 heteroatoms. The van der Waals surface area contributed by atoms with Crippen LogP contribution in [0.5, 0.6) is 11.5 Å². The summed E-state index contributed by atoms with van der Waals surface area (Å²) in [6.07, 6.45) is 2.72. The lowest BCUT2D eigenvalue weighted by atomic mass is 10.1. The molecule has 0 amide bonds. The Bertz CT molecular complexity index is 400. The lowest BCUT2D eigenvalue weighted by molar-refractivity contribution is -0.870. The van der Waals surface area contributed by atoms with E-state index in [1.807, 2.05) is 24.3 Å². The number of rotatable bonds is 7. The number of quaternary nitrogens is 1. The van der Waals surface area contributed by atoms with Gasteiger partial charge < -0.3 is 37.9 Å². The summed E-state index contributed by atoms with van der Waals surface area (Å²) in [7, 11) is 8.11. The van der Waals surface area contributed by atoms with Crippen molar-refractivity contribution in [2.45, 2.75) is 6.42 Å². The van der Waals surface area contributed by atoms with E-state index in [4.69, 9.17) is 9.47 Å². The molecule has 0 atom stereocenters. The van der Waals surface area contributed by atoms with Crippen molar-refractivity contribution in [3.63, 3.8) is 0 Å². The van der Waals surface area contributed by atoms with Crippen molar-refractivity contribution in [2.24, 2.45) is 0 Å². The number of hydrogen-bond donors (Lipinski definition) is 0. The number of benzene rings is 1. The van der Waals surface area contributed by atoms with Crippen LogP contribution in [0.1, 0.15) is 5.56 Å². The molecule has 0 spiro atoms. The second-order valence-electron chi connectivity index (χ2n) is 5.34. The molecule has 0 aliphatic heterocycles. The van der Waals surface area contributed by atoms with Crippen LogP contribution < -0.4 is 33.5 Å². The second-order valence-corrected chi connectivity index (χ2v) is 5.34. The standard InChI is InChI=1S/C15H24NO2.HI/c1-6-7-13-8-9-14(15(12-13)17-5)18-11-10-16(2,3)4;/h6,8-9,12H,1,7,10-11H2,2-5H3;1H/q+1;/p-1. The van der Waals surface area contributed by atoms with Gasteiger partial charge in [-0.1, -0.05) is 12.1 Å². The van der Waals surface area contributed by atoms with Crippen LogP contribution in [-0.2, 0) is 6.42 Å². The van der Waals surface area contributed by atoms with Gasteiger partial charge in [0, 0.05) is 0 Å². The molecule has 3 nitrogen and oxygen atoms in total. The first-order valence-electron chi connectivity index (χ1n) is 6.17. The van der Waals surface area contributed by atoms with Crippen LogP contribution in [-0.4, -0.2) is 45.9 Å². The fourth-order valence-corrected chi connectivity index (χ4v) is 1.55. The number of methoxy groups -OCH3 is 1. The van der Waals surface area contributed by atoms with Gasteiger partial charge in [-0.25, -0.2) is 0 Å². The molecule has 0 heterocycles. The molecule has 1 rings (SSSR count). The van der Waals surface area contributed by atoms with Crippen LogP contribution in [0.25, 0.3) is 0 Å². The van der Waals surface area contributed by atoms with Crippen molar-refractivity contribution in [2.75, 3.05) is 41.4 Å². The molecular weight excluding hydrogens is 353 g/mol. The van der Waals surface area contributed by atoms with Crippen molar-refractivity contribution in [1.29, 1.82) is 0 Å². The normalized spacial score (nSPS) is 10.5. The highest BCUT2D eigenvalue weighted by atomic mass is 127. The third-order valence-electron chi connectivity index (χ3n) is 2.63. The van der Waals surface area contributed by atoms with E-state index >= 15 is 0 Å². The van der Waals surface area contributed by atoms with E-state index in [1.165, 1.54) is 5.56 Å². The largest absolute Gasteiger partial charge is 1.00 e. The molecule has 0 N–H and O–H groups in total. The molecule has 0 fully saturated rings. The molecule has 108 valence electrons. The molecule has 0 unspecified atom stereocenters. The van der Waals surface area contributed by atoms with Gasteiger partial charge in [0.2, 0.25) is 0 Å². The van der Waals surface area contributed by atoms with Gasteiger partial charge in [0.1, 0.15) is 13.2 Å². The summed E-state index contributed by atoms with van der Waals surface area (Å²) in [5.41, 5.74) is 1.18. The van der Waals surface area contributed by atoms with E-state index < -0.39 is 0 Å². The minimum atomic E-state index is 0. The second kappa shape index (κ2) is 8.43. The van der Waals surface area contributed by atoms with Crippen molar-refractivity contribution in [3.8, 4) is 11.5 Å². The monoisotopic (exact) mass is 377 g/mol. The number of allylic oxidation sites excluding steroid dienone is 1. The van der Waals surface area contributed by atoms with Crippen LogP contribution in [0.15, 0.2) is 30.9 Å². The lowest BCUT2D eigenvalue weighted by Gasteiger charge is -2.24. The maximum atomic E-state index is 5.77. The third-order valence-corrected chi connectivity index (χ3v) is 2.63. The van der Waals surface area contributed by atoms with Crippen LogP contribution in [0.2, 0.25) is 0 Å². The smallest absolute Gasteiger partial charge is 0.161 e. The first-order valence-corrected chi connectivity index (χ1v) is 6.17. The van der Waals surface area contributed by atoms with E-state index in [0.29, 0.717) is 6.61 Å². The lowest BCUT2D eigenvalue weighted by Crippen LogP contribution is -3.00. The topological polar surface area (TPSA) is 18.5 Å². The first-order chi connectivity index (χ1) is 8.46. The molecule has 0 bridgehead atoms. The summed E-state index contributed by atoms with van der Waals surface area (Å²) in [4.78, 5) is 0. The fourth-order valence-electron chi connectivity index (χ4n) is 1.55. The van der Waals surface area contributed by atoms with Crippen molar-refractivity contribution >= 4 is 0 Å². The molecule has 0 saturated heterocycles. The van der Waals surface area contributed by atoms with Gasteiger partial charge in [0.05, 0.1) is 28.3 Å². The summed E-state index contributed by atoms with van der Waals surface area (Å²) >= 11 is 0. The number of halogens is 1. The van der Waals surface area contributed by atoms with Gasteiger partial charge in [-0.15, -0.1) is 6.58 Å². The highest BCUT2D eigenvalue weighted by Gasteiger charge is 2.09. The Morgan fingerprint density at radius 3 is 2.42 bits per heavy atom. The average molecular weight is 377 g/mol. The Balaban J connectivity index is 0.00000324. The minimum absolute atomic E-state index is 0. The summed E-state index contributed by atoms with van der Waals surface area (Å²) in [5, 5.41) is 0. The Morgan fingerprint density at radius 2 is 1.89 bits per heavy atom. The maximum absolute atomic E-state index is 5.77. The zero-order chi connectivity index (χ0) is 13.6. The quantitative estimate of drug-likeness (QED) is 0.363. The van der Waals surface area contributed by atoms with E-state index in [9.17, 15) is 0 Å². The van der Waals surface area contributed by atoms with Gasteiger partial charge in [-0.05, 0) is 24.1 Å². The van der Waals surface area contributed by atoms with Crippen LogP contribution in [0.4, 0.5) is 0 Å². The molecule has 1 aromatic rings. The number of nitrogens with zero attached hydrogens (tertiary/aromatic N) is 1. The van der Waals surface area contributed by atoms with Crippen LogP contribution in [0, 0.1) is 0 Å². The molecule has 0 aliphatic rings. The molecule has 0 aliphatic carbocycles. The maximum Gasteiger partial charge on any atom is 0.161 e. The van der Waals surface area contributed by atoms with Gasteiger partial charge in [-0.2, -0.15) is 0 Å². The average Bonchev–Trinajstić information content (AvgIpc) is 2.29. The molecular formula is C15H24INO2. The molecule has 0 saturated carbocycles. The number of likely N-dealkylation sites (N-methyl/N-ethyl adjacent to an activating group) is 1. The van der Waals surface area contributed by atoms with Gasteiger partial charge >= 0.3 is 0 Å². The SMILES string of the molecule is C=CCc1ccc(OCC[N+](C)(C)C)c(OC)c1.[I-]. The minimum Gasteiger partial charge on any atom is -1.00 e.